The van der Waals surface area contributed by atoms with Crippen LogP contribution in [0.5, 0.6) is 0 Å². The number of benzene rings is 1. The molecule has 1 saturated heterocycles. The molecule has 19 heavy (non-hydrogen) atoms. The molecule has 0 aromatic heterocycles. The molecule has 1 aliphatic heterocycles. The lowest BCUT2D eigenvalue weighted by molar-refractivity contribution is -0.121. The van der Waals surface area contributed by atoms with Crippen LogP contribution in [0.25, 0.3) is 0 Å². The van der Waals surface area contributed by atoms with Gasteiger partial charge in [-0.05, 0) is 40.9 Å². The first-order valence-electron chi connectivity index (χ1n) is 6.62. The highest BCUT2D eigenvalue weighted by Gasteiger charge is 2.15. The van der Waals surface area contributed by atoms with E-state index in [1.165, 1.54) is 0 Å². The Morgan fingerprint density at radius 3 is 3.00 bits per heavy atom. The highest BCUT2D eigenvalue weighted by molar-refractivity contribution is 9.10. The summed E-state index contributed by atoms with van der Waals surface area (Å²) in [6.45, 7) is 2.08. The van der Waals surface area contributed by atoms with E-state index in [0.29, 0.717) is 19.5 Å². The highest BCUT2D eigenvalue weighted by Crippen LogP contribution is 2.20. The monoisotopic (exact) mass is 326 g/mol. The van der Waals surface area contributed by atoms with Crippen LogP contribution in [0, 0.1) is 0 Å². The van der Waals surface area contributed by atoms with Crippen molar-refractivity contribution >= 4 is 27.5 Å². The van der Waals surface area contributed by atoms with Crippen LogP contribution in [-0.4, -0.2) is 31.7 Å². The summed E-state index contributed by atoms with van der Waals surface area (Å²) in [5.41, 5.74) is 1.01. The molecule has 0 aliphatic carbocycles. The first-order valence-corrected chi connectivity index (χ1v) is 7.41. The van der Waals surface area contributed by atoms with Gasteiger partial charge < -0.3 is 15.4 Å². The number of carbonyl (C=O) groups excluding carboxylic acids is 1. The van der Waals surface area contributed by atoms with E-state index in [-0.39, 0.29) is 12.0 Å². The van der Waals surface area contributed by atoms with Crippen molar-refractivity contribution in [3.8, 4) is 0 Å². The molecule has 2 N–H and O–H groups in total. The number of ether oxygens (including phenoxy) is 1. The molecule has 1 aromatic rings. The number of hydrogen-bond donors (Lipinski definition) is 2. The first-order chi connectivity index (χ1) is 9.25. The largest absolute Gasteiger partial charge is 0.384 e. The third-order valence-electron chi connectivity index (χ3n) is 3.09. The number of rotatable bonds is 6. The Bertz CT molecular complexity index is 420. The minimum Gasteiger partial charge on any atom is -0.384 e. The molecule has 1 aromatic carbocycles. The SMILES string of the molecule is O=C(CCNc1ccccc1Br)NCC1CCCO1. The van der Waals surface area contributed by atoms with Gasteiger partial charge in [-0.1, -0.05) is 12.1 Å². The van der Waals surface area contributed by atoms with Crippen molar-refractivity contribution < 1.29 is 9.53 Å². The van der Waals surface area contributed by atoms with Gasteiger partial charge in [-0.3, -0.25) is 4.79 Å². The van der Waals surface area contributed by atoms with Gasteiger partial charge >= 0.3 is 0 Å². The highest BCUT2D eigenvalue weighted by atomic mass is 79.9. The molecule has 1 heterocycles. The average Bonchev–Trinajstić information content (AvgIpc) is 2.92. The molecule has 0 spiro atoms. The van der Waals surface area contributed by atoms with Crippen LogP contribution in [0.3, 0.4) is 0 Å². The van der Waals surface area contributed by atoms with Crippen molar-refractivity contribution in [2.45, 2.75) is 25.4 Å². The zero-order chi connectivity index (χ0) is 13.5. The second kappa shape index (κ2) is 7.50. The molecular formula is C14H19BrN2O2. The lowest BCUT2D eigenvalue weighted by Gasteiger charge is -2.11. The van der Waals surface area contributed by atoms with Crippen molar-refractivity contribution in [3.63, 3.8) is 0 Å². The smallest absolute Gasteiger partial charge is 0.221 e. The van der Waals surface area contributed by atoms with E-state index in [9.17, 15) is 4.79 Å². The van der Waals surface area contributed by atoms with E-state index in [4.69, 9.17) is 4.74 Å². The van der Waals surface area contributed by atoms with Crippen LogP contribution < -0.4 is 10.6 Å². The Balaban J connectivity index is 1.62. The Labute approximate surface area is 122 Å². The zero-order valence-electron chi connectivity index (χ0n) is 10.8. The number of para-hydroxylation sites is 1. The second-order valence-electron chi connectivity index (χ2n) is 4.60. The van der Waals surface area contributed by atoms with Crippen LogP contribution in [0.1, 0.15) is 19.3 Å². The summed E-state index contributed by atoms with van der Waals surface area (Å²) in [7, 11) is 0. The normalized spacial score (nSPS) is 18.3. The molecule has 4 nitrogen and oxygen atoms in total. The molecule has 1 aliphatic rings. The lowest BCUT2D eigenvalue weighted by atomic mass is 10.2. The molecule has 2 rings (SSSR count). The third kappa shape index (κ3) is 4.84. The van der Waals surface area contributed by atoms with Crippen LogP contribution in [0.15, 0.2) is 28.7 Å². The molecule has 5 heteroatoms. The summed E-state index contributed by atoms with van der Waals surface area (Å²) < 4.78 is 6.47. The molecule has 104 valence electrons. The molecule has 1 fully saturated rings. The van der Waals surface area contributed by atoms with Gasteiger partial charge in [0, 0.05) is 36.3 Å². The van der Waals surface area contributed by atoms with E-state index in [2.05, 4.69) is 26.6 Å². The maximum absolute atomic E-state index is 11.7. The summed E-state index contributed by atoms with van der Waals surface area (Å²) in [5.74, 6) is 0.0649. The molecule has 0 bridgehead atoms. The molecular weight excluding hydrogens is 308 g/mol. The summed E-state index contributed by atoms with van der Waals surface area (Å²) >= 11 is 3.46. The van der Waals surface area contributed by atoms with Crippen LogP contribution in [-0.2, 0) is 9.53 Å². The van der Waals surface area contributed by atoms with Gasteiger partial charge in [0.2, 0.25) is 5.91 Å². The van der Waals surface area contributed by atoms with Gasteiger partial charge in [0.1, 0.15) is 0 Å². The fraction of sp³-hybridized carbons (Fsp3) is 0.500. The fourth-order valence-electron chi connectivity index (χ4n) is 2.04. The minimum absolute atomic E-state index is 0.0649. The summed E-state index contributed by atoms with van der Waals surface area (Å²) in [6, 6.07) is 7.88. The topological polar surface area (TPSA) is 50.4 Å². The van der Waals surface area contributed by atoms with Crippen molar-refractivity contribution in [2.24, 2.45) is 0 Å². The van der Waals surface area contributed by atoms with E-state index in [1.807, 2.05) is 24.3 Å². The number of hydrogen-bond acceptors (Lipinski definition) is 3. The van der Waals surface area contributed by atoms with Gasteiger partial charge in [-0.15, -0.1) is 0 Å². The first kappa shape index (κ1) is 14.3. The van der Waals surface area contributed by atoms with E-state index in [1.54, 1.807) is 0 Å². The number of nitrogens with one attached hydrogen (secondary N) is 2. The Morgan fingerprint density at radius 1 is 1.42 bits per heavy atom. The van der Waals surface area contributed by atoms with Crippen LogP contribution >= 0.6 is 15.9 Å². The Hall–Kier alpha value is -1.07. The Kier molecular flexibility index (Phi) is 5.66. The standard InChI is InChI=1S/C14H19BrN2O2/c15-12-5-1-2-6-13(12)16-8-7-14(18)17-10-11-4-3-9-19-11/h1-2,5-6,11,16H,3-4,7-10H2,(H,17,18). The van der Waals surface area contributed by atoms with Crippen molar-refractivity contribution in [1.82, 2.24) is 5.32 Å². The zero-order valence-corrected chi connectivity index (χ0v) is 12.4. The third-order valence-corrected chi connectivity index (χ3v) is 3.78. The molecule has 1 amide bonds. The second-order valence-corrected chi connectivity index (χ2v) is 5.45. The molecule has 0 saturated carbocycles. The molecule has 0 radical (unpaired) electrons. The summed E-state index contributed by atoms with van der Waals surface area (Å²) in [6.07, 6.45) is 2.83. The number of amides is 1. The Morgan fingerprint density at radius 2 is 2.26 bits per heavy atom. The predicted molar refractivity (Wildman–Crippen MR) is 79.2 cm³/mol. The summed E-state index contributed by atoms with van der Waals surface area (Å²) in [4.78, 5) is 11.7. The predicted octanol–water partition coefficient (Wildman–Crippen LogP) is 2.55. The van der Waals surface area contributed by atoms with Crippen molar-refractivity contribution in [1.29, 1.82) is 0 Å². The lowest BCUT2D eigenvalue weighted by Crippen LogP contribution is -2.32. The maximum Gasteiger partial charge on any atom is 0.221 e. The van der Waals surface area contributed by atoms with Gasteiger partial charge in [-0.2, -0.15) is 0 Å². The summed E-state index contributed by atoms with van der Waals surface area (Å²) in [5, 5.41) is 6.14. The van der Waals surface area contributed by atoms with Crippen molar-refractivity contribution in [2.75, 3.05) is 25.0 Å². The number of carbonyl (C=O) groups is 1. The van der Waals surface area contributed by atoms with E-state index >= 15 is 0 Å². The van der Waals surface area contributed by atoms with Gasteiger partial charge in [0.15, 0.2) is 0 Å². The molecule has 1 atom stereocenters. The number of anilines is 1. The van der Waals surface area contributed by atoms with Gasteiger partial charge in [-0.25, -0.2) is 0 Å². The van der Waals surface area contributed by atoms with E-state index in [0.717, 1.165) is 29.6 Å². The number of halogens is 1. The van der Waals surface area contributed by atoms with Crippen LogP contribution in [0.4, 0.5) is 5.69 Å². The van der Waals surface area contributed by atoms with Crippen LogP contribution in [0.2, 0.25) is 0 Å². The fourth-order valence-corrected chi connectivity index (χ4v) is 2.46. The quantitative estimate of drug-likeness (QED) is 0.844. The van der Waals surface area contributed by atoms with Crippen molar-refractivity contribution in [3.05, 3.63) is 28.7 Å². The maximum atomic E-state index is 11.7. The average molecular weight is 327 g/mol. The molecule has 1 unspecified atom stereocenters. The van der Waals surface area contributed by atoms with Gasteiger partial charge in [0.05, 0.1) is 6.10 Å². The van der Waals surface area contributed by atoms with E-state index < -0.39 is 0 Å². The van der Waals surface area contributed by atoms with Gasteiger partial charge in [0.25, 0.3) is 0 Å². The minimum atomic E-state index is 0.0649.